The number of nitrogens with one attached hydrogen (secondary N) is 2. The summed E-state index contributed by atoms with van der Waals surface area (Å²) in [4.78, 5) is 11.9. The third-order valence-corrected chi connectivity index (χ3v) is 3.54. The number of rotatable bonds is 6. The first-order valence-electron chi connectivity index (χ1n) is 6.67. The Balaban J connectivity index is 1.81. The van der Waals surface area contributed by atoms with Crippen LogP contribution in [-0.2, 0) is 11.3 Å². The van der Waals surface area contributed by atoms with Crippen LogP contribution in [0.4, 0.5) is 5.69 Å². The van der Waals surface area contributed by atoms with E-state index in [1.807, 2.05) is 24.3 Å². The molecule has 2 rings (SSSR count). The summed E-state index contributed by atoms with van der Waals surface area (Å²) in [5.41, 5.74) is 1.57. The summed E-state index contributed by atoms with van der Waals surface area (Å²) in [6.45, 7) is 0.759. The van der Waals surface area contributed by atoms with Gasteiger partial charge >= 0.3 is 0 Å². The summed E-state index contributed by atoms with van der Waals surface area (Å²) in [5.74, 6) is 0.620. The molecule has 0 saturated carbocycles. The highest BCUT2D eigenvalue weighted by molar-refractivity contribution is 6.35. The second kappa shape index (κ2) is 8.03. The predicted octanol–water partition coefficient (Wildman–Crippen LogP) is 3.73. The molecular formula is C16H16Cl2N2O2. The van der Waals surface area contributed by atoms with Crippen molar-refractivity contribution in [3.8, 4) is 5.75 Å². The van der Waals surface area contributed by atoms with E-state index >= 15 is 0 Å². The topological polar surface area (TPSA) is 50.4 Å². The molecule has 0 aliphatic heterocycles. The molecule has 0 bridgehead atoms. The number of ether oxygens (including phenoxy) is 1. The van der Waals surface area contributed by atoms with Crippen LogP contribution in [0.25, 0.3) is 0 Å². The van der Waals surface area contributed by atoms with E-state index in [0.717, 1.165) is 11.3 Å². The summed E-state index contributed by atoms with van der Waals surface area (Å²) in [6, 6.07) is 12.6. The van der Waals surface area contributed by atoms with E-state index in [9.17, 15) is 4.79 Å². The Bertz CT molecular complexity index is 645. The van der Waals surface area contributed by atoms with Crippen molar-refractivity contribution in [1.29, 1.82) is 0 Å². The van der Waals surface area contributed by atoms with Gasteiger partial charge in [0.15, 0.2) is 0 Å². The lowest BCUT2D eigenvalue weighted by molar-refractivity contribution is -0.115. The maximum atomic E-state index is 11.9. The largest absolute Gasteiger partial charge is 0.497 e. The first-order valence-corrected chi connectivity index (χ1v) is 7.42. The maximum Gasteiger partial charge on any atom is 0.238 e. The van der Waals surface area contributed by atoms with E-state index in [4.69, 9.17) is 27.9 Å². The number of hydrogen-bond donors (Lipinski definition) is 2. The van der Waals surface area contributed by atoms with E-state index < -0.39 is 0 Å². The Morgan fingerprint density at radius 2 is 1.86 bits per heavy atom. The molecular weight excluding hydrogens is 323 g/mol. The lowest BCUT2D eigenvalue weighted by Gasteiger charge is -2.09. The van der Waals surface area contributed by atoms with Gasteiger partial charge in [-0.2, -0.15) is 0 Å². The first kappa shape index (κ1) is 16.6. The molecule has 0 heterocycles. The zero-order valence-corrected chi connectivity index (χ0v) is 13.5. The quantitative estimate of drug-likeness (QED) is 0.843. The monoisotopic (exact) mass is 338 g/mol. The summed E-state index contributed by atoms with van der Waals surface area (Å²) < 4.78 is 5.09. The zero-order chi connectivity index (χ0) is 15.9. The average Bonchev–Trinajstić information content (AvgIpc) is 2.51. The van der Waals surface area contributed by atoms with Gasteiger partial charge in [0, 0.05) is 11.6 Å². The van der Waals surface area contributed by atoms with Gasteiger partial charge in [0.05, 0.1) is 24.4 Å². The molecule has 0 fully saturated rings. The van der Waals surface area contributed by atoms with Gasteiger partial charge in [-0.25, -0.2) is 0 Å². The first-order chi connectivity index (χ1) is 10.6. The molecule has 2 N–H and O–H groups in total. The normalized spacial score (nSPS) is 10.3. The van der Waals surface area contributed by atoms with Gasteiger partial charge in [-0.3, -0.25) is 4.79 Å². The minimum atomic E-state index is -0.183. The number of amides is 1. The molecule has 6 heteroatoms. The second-order valence-corrected chi connectivity index (χ2v) is 5.47. The number of hydrogen-bond acceptors (Lipinski definition) is 3. The van der Waals surface area contributed by atoms with E-state index in [1.165, 1.54) is 0 Å². The molecule has 0 unspecified atom stereocenters. The average molecular weight is 339 g/mol. The van der Waals surface area contributed by atoms with Crippen LogP contribution in [-0.4, -0.2) is 19.6 Å². The van der Waals surface area contributed by atoms with Gasteiger partial charge in [-0.15, -0.1) is 0 Å². The van der Waals surface area contributed by atoms with Crippen LogP contribution in [0.1, 0.15) is 5.56 Å². The van der Waals surface area contributed by atoms with Crippen LogP contribution in [0.15, 0.2) is 42.5 Å². The Kier molecular flexibility index (Phi) is 6.07. The molecule has 2 aromatic carbocycles. The Morgan fingerprint density at radius 1 is 1.14 bits per heavy atom. The third kappa shape index (κ3) is 4.91. The van der Waals surface area contributed by atoms with Gasteiger partial charge < -0.3 is 15.4 Å². The van der Waals surface area contributed by atoms with Crippen molar-refractivity contribution in [2.75, 3.05) is 19.0 Å². The van der Waals surface area contributed by atoms with Crippen LogP contribution in [0.2, 0.25) is 10.0 Å². The second-order valence-electron chi connectivity index (χ2n) is 4.62. The minimum Gasteiger partial charge on any atom is -0.497 e. The van der Waals surface area contributed by atoms with Crippen molar-refractivity contribution in [3.63, 3.8) is 0 Å². The molecule has 4 nitrogen and oxygen atoms in total. The van der Waals surface area contributed by atoms with E-state index in [1.54, 1.807) is 25.3 Å². The Hall–Kier alpha value is -1.75. The summed E-state index contributed by atoms with van der Waals surface area (Å²) >= 11 is 11.9. The smallest absolute Gasteiger partial charge is 0.238 e. The number of anilines is 1. The highest BCUT2D eigenvalue weighted by atomic mass is 35.5. The fraction of sp³-hybridized carbons (Fsp3) is 0.188. The van der Waals surface area contributed by atoms with Crippen LogP contribution in [0, 0.1) is 0 Å². The molecule has 2 aromatic rings. The fourth-order valence-corrected chi connectivity index (χ4v) is 2.19. The molecule has 1 amide bonds. The van der Waals surface area contributed by atoms with Crippen LogP contribution in [0.5, 0.6) is 5.75 Å². The van der Waals surface area contributed by atoms with Gasteiger partial charge in [0.1, 0.15) is 5.75 Å². The van der Waals surface area contributed by atoms with Crippen molar-refractivity contribution >= 4 is 34.8 Å². The zero-order valence-electron chi connectivity index (χ0n) is 12.0. The van der Waals surface area contributed by atoms with Crippen molar-refractivity contribution in [3.05, 3.63) is 58.1 Å². The van der Waals surface area contributed by atoms with Crippen molar-refractivity contribution < 1.29 is 9.53 Å². The molecule has 0 spiro atoms. The summed E-state index contributed by atoms with van der Waals surface area (Å²) in [7, 11) is 1.62. The number of halogens is 2. The highest BCUT2D eigenvalue weighted by Crippen LogP contribution is 2.25. The lowest BCUT2D eigenvalue weighted by Crippen LogP contribution is -2.27. The molecule has 0 atom stereocenters. The Morgan fingerprint density at radius 3 is 2.55 bits per heavy atom. The van der Waals surface area contributed by atoms with Crippen molar-refractivity contribution in [2.24, 2.45) is 0 Å². The van der Waals surface area contributed by atoms with Gasteiger partial charge in [0.25, 0.3) is 0 Å². The number of benzene rings is 2. The predicted molar refractivity (Wildman–Crippen MR) is 89.8 cm³/mol. The third-order valence-electron chi connectivity index (χ3n) is 2.98. The maximum absolute atomic E-state index is 11.9. The van der Waals surface area contributed by atoms with E-state index in [2.05, 4.69) is 10.6 Å². The molecule has 22 heavy (non-hydrogen) atoms. The van der Waals surface area contributed by atoms with Gasteiger partial charge in [0.2, 0.25) is 5.91 Å². The van der Waals surface area contributed by atoms with Crippen molar-refractivity contribution in [2.45, 2.75) is 6.54 Å². The van der Waals surface area contributed by atoms with Crippen molar-refractivity contribution in [1.82, 2.24) is 5.32 Å². The SMILES string of the molecule is COc1ccc(CNCC(=O)Nc2cc(Cl)ccc2Cl)cc1. The van der Waals surface area contributed by atoms with Crippen LogP contribution >= 0.6 is 23.2 Å². The lowest BCUT2D eigenvalue weighted by atomic mass is 10.2. The summed E-state index contributed by atoms with van der Waals surface area (Å²) in [5, 5.41) is 6.75. The number of carbonyl (C=O) groups is 1. The molecule has 0 aliphatic rings. The van der Waals surface area contributed by atoms with E-state index in [0.29, 0.717) is 22.3 Å². The van der Waals surface area contributed by atoms with E-state index in [-0.39, 0.29) is 12.5 Å². The molecule has 116 valence electrons. The molecule has 0 aromatic heterocycles. The minimum absolute atomic E-state index is 0.175. The van der Waals surface area contributed by atoms with Crippen LogP contribution in [0.3, 0.4) is 0 Å². The standard InChI is InChI=1S/C16H16Cl2N2O2/c1-22-13-5-2-11(3-6-13)9-19-10-16(21)20-15-8-12(17)4-7-14(15)18/h2-8,19H,9-10H2,1H3,(H,20,21). The molecule has 0 radical (unpaired) electrons. The number of methoxy groups -OCH3 is 1. The Labute approximate surface area is 139 Å². The highest BCUT2D eigenvalue weighted by Gasteiger charge is 2.06. The summed E-state index contributed by atoms with van der Waals surface area (Å²) in [6.07, 6.45) is 0. The molecule has 0 aliphatic carbocycles. The van der Waals surface area contributed by atoms with Gasteiger partial charge in [-0.1, -0.05) is 35.3 Å². The number of carbonyl (C=O) groups excluding carboxylic acids is 1. The van der Waals surface area contributed by atoms with Crippen LogP contribution < -0.4 is 15.4 Å². The fourth-order valence-electron chi connectivity index (χ4n) is 1.85. The van der Waals surface area contributed by atoms with Gasteiger partial charge in [-0.05, 0) is 35.9 Å². The molecule has 0 saturated heterocycles.